The molecular formula is C29H23F2N7O3S. The first-order valence-electron chi connectivity index (χ1n) is 12.7. The summed E-state index contributed by atoms with van der Waals surface area (Å²) in [4.78, 5) is 22.3. The van der Waals surface area contributed by atoms with Gasteiger partial charge in [0.1, 0.15) is 29.5 Å². The Morgan fingerprint density at radius 3 is 2.45 bits per heavy atom. The van der Waals surface area contributed by atoms with E-state index in [1.54, 1.807) is 35.0 Å². The Hall–Kier alpha value is -5.17. The monoisotopic (exact) mass is 587 g/mol. The van der Waals surface area contributed by atoms with E-state index >= 15 is 0 Å². The SMILES string of the molecule is C[C@H](c1cc2ccc(F)cn2c(=O)c1-c1ccccc1)n1nc(-c2cc(F)cc(NS(C)(=O)=O)c2)c2c(N)ncnc21. The molecule has 0 saturated heterocycles. The molecule has 10 nitrogen and oxygen atoms in total. The van der Waals surface area contributed by atoms with Gasteiger partial charge in [0.05, 0.1) is 28.9 Å². The zero-order chi connectivity index (χ0) is 29.8. The van der Waals surface area contributed by atoms with Gasteiger partial charge in [0.15, 0.2) is 5.65 Å². The lowest BCUT2D eigenvalue weighted by atomic mass is 9.96. The minimum absolute atomic E-state index is 0.000170. The number of sulfonamides is 1. The number of nitrogens with two attached hydrogens (primary N) is 1. The fraction of sp³-hybridized carbons (Fsp3) is 0.103. The van der Waals surface area contributed by atoms with Gasteiger partial charge in [0, 0.05) is 17.3 Å². The molecule has 0 aliphatic rings. The van der Waals surface area contributed by atoms with E-state index in [2.05, 4.69) is 14.7 Å². The Balaban J connectivity index is 1.61. The molecule has 6 rings (SSSR count). The van der Waals surface area contributed by atoms with E-state index in [9.17, 15) is 22.0 Å². The van der Waals surface area contributed by atoms with Crippen LogP contribution in [-0.4, -0.2) is 38.8 Å². The number of nitrogens with zero attached hydrogens (tertiary/aromatic N) is 5. The zero-order valence-electron chi connectivity index (χ0n) is 22.3. The molecule has 4 heterocycles. The van der Waals surface area contributed by atoms with Crippen molar-refractivity contribution in [2.45, 2.75) is 13.0 Å². The summed E-state index contributed by atoms with van der Waals surface area (Å²) in [5.74, 6) is -1.18. The Morgan fingerprint density at radius 2 is 1.71 bits per heavy atom. The van der Waals surface area contributed by atoms with E-state index in [1.807, 2.05) is 13.0 Å². The van der Waals surface area contributed by atoms with Gasteiger partial charge in [-0.25, -0.2) is 31.8 Å². The van der Waals surface area contributed by atoms with Crippen LogP contribution in [-0.2, 0) is 10.0 Å². The highest BCUT2D eigenvalue weighted by Crippen LogP contribution is 2.36. The highest BCUT2D eigenvalue weighted by molar-refractivity contribution is 7.92. The van der Waals surface area contributed by atoms with Gasteiger partial charge in [0.25, 0.3) is 5.56 Å². The highest BCUT2D eigenvalue weighted by Gasteiger charge is 2.25. The molecule has 4 aromatic heterocycles. The summed E-state index contributed by atoms with van der Waals surface area (Å²) in [7, 11) is -3.69. The standard InChI is InChI=1S/C29H23F2N7O3S/c1-16(23-13-22-9-8-19(30)14-37(22)29(39)24(23)17-6-4-3-5-7-17)38-28-25(27(32)33-15-34-28)26(35-38)18-10-20(31)12-21(11-18)36-42(2,40)41/h3-16,36H,1-2H3,(H2,32,33,34)/t16-/m1/s1. The van der Waals surface area contributed by atoms with Crippen molar-refractivity contribution in [2.24, 2.45) is 0 Å². The number of fused-ring (bicyclic) bond motifs is 2. The molecular weight excluding hydrogens is 564 g/mol. The predicted octanol–water partition coefficient (Wildman–Crippen LogP) is 4.61. The largest absolute Gasteiger partial charge is 0.383 e. The third-order valence-corrected chi connectivity index (χ3v) is 7.45. The molecule has 0 aliphatic heterocycles. The fourth-order valence-corrected chi connectivity index (χ4v) is 5.62. The molecule has 0 saturated carbocycles. The van der Waals surface area contributed by atoms with Gasteiger partial charge in [-0.3, -0.25) is 13.9 Å². The van der Waals surface area contributed by atoms with Crippen LogP contribution in [0.25, 0.3) is 38.9 Å². The number of aromatic nitrogens is 5. The number of pyridine rings is 2. The van der Waals surface area contributed by atoms with E-state index in [1.165, 1.54) is 35.0 Å². The summed E-state index contributed by atoms with van der Waals surface area (Å²) in [5.41, 5.74) is 8.59. The summed E-state index contributed by atoms with van der Waals surface area (Å²) < 4.78 is 57.5. The minimum Gasteiger partial charge on any atom is -0.383 e. The average Bonchev–Trinajstić information content (AvgIpc) is 3.33. The van der Waals surface area contributed by atoms with Crippen molar-refractivity contribution in [1.29, 1.82) is 0 Å². The first-order chi connectivity index (χ1) is 20.0. The Labute approximate surface area is 238 Å². The summed E-state index contributed by atoms with van der Waals surface area (Å²) in [6.07, 6.45) is 3.37. The lowest BCUT2D eigenvalue weighted by Crippen LogP contribution is -2.21. The van der Waals surface area contributed by atoms with Gasteiger partial charge >= 0.3 is 0 Å². The number of halogens is 2. The maximum Gasteiger partial charge on any atom is 0.263 e. The molecule has 0 fully saturated rings. The van der Waals surface area contributed by atoms with E-state index in [0.717, 1.165) is 18.5 Å². The molecule has 0 bridgehead atoms. The molecule has 0 amide bonds. The van der Waals surface area contributed by atoms with Gasteiger partial charge in [-0.1, -0.05) is 30.3 Å². The summed E-state index contributed by atoms with van der Waals surface area (Å²) in [5, 5.41) is 5.08. The van der Waals surface area contributed by atoms with E-state index < -0.39 is 33.3 Å². The average molecular weight is 588 g/mol. The molecule has 3 N–H and O–H groups in total. The van der Waals surface area contributed by atoms with Crippen LogP contribution in [0.5, 0.6) is 0 Å². The number of nitrogens with one attached hydrogen (secondary N) is 1. The smallest absolute Gasteiger partial charge is 0.263 e. The second-order valence-corrected chi connectivity index (χ2v) is 11.6. The topological polar surface area (TPSA) is 137 Å². The number of nitrogen functional groups attached to an aromatic ring is 1. The second kappa shape index (κ2) is 10.0. The molecule has 13 heteroatoms. The quantitative estimate of drug-likeness (QED) is 0.290. The summed E-state index contributed by atoms with van der Waals surface area (Å²) >= 11 is 0. The van der Waals surface area contributed by atoms with Gasteiger partial charge in [0.2, 0.25) is 10.0 Å². The van der Waals surface area contributed by atoms with Gasteiger partial charge < -0.3 is 5.73 Å². The maximum absolute atomic E-state index is 14.7. The van der Waals surface area contributed by atoms with Crippen LogP contribution in [0.15, 0.2) is 84.0 Å². The van der Waals surface area contributed by atoms with Crippen LogP contribution < -0.4 is 16.0 Å². The lowest BCUT2D eigenvalue weighted by molar-refractivity contribution is 0.580. The number of hydrogen-bond acceptors (Lipinski definition) is 7. The molecule has 42 heavy (non-hydrogen) atoms. The highest BCUT2D eigenvalue weighted by atomic mass is 32.2. The summed E-state index contributed by atoms with van der Waals surface area (Å²) in [6.45, 7) is 1.82. The molecule has 6 aromatic rings. The molecule has 0 aliphatic carbocycles. The molecule has 0 radical (unpaired) electrons. The Kier molecular flexibility index (Phi) is 6.45. The maximum atomic E-state index is 14.7. The van der Waals surface area contributed by atoms with Crippen LogP contribution in [0.3, 0.4) is 0 Å². The van der Waals surface area contributed by atoms with E-state index in [4.69, 9.17) is 10.8 Å². The van der Waals surface area contributed by atoms with Crippen molar-refractivity contribution in [3.63, 3.8) is 0 Å². The Bertz CT molecular complexity index is 2180. The lowest BCUT2D eigenvalue weighted by Gasteiger charge is -2.19. The normalized spacial score (nSPS) is 12.6. The first kappa shape index (κ1) is 27.0. The summed E-state index contributed by atoms with van der Waals surface area (Å²) in [6, 6.07) is 16.6. The molecule has 0 unspecified atom stereocenters. The van der Waals surface area contributed by atoms with Crippen LogP contribution in [0.2, 0.25) is 0 Å². The van der Waals surface area contributed by atoms with Crippen LogP contribution in [0.4, 0.5) is 20.3 Å². The number of rotatable bonds is 6. The molecule has 212 valence electrons. The molecule has 0 spiro atoms. The van der Waals surface area contributed by atoms with Crippen molar-refractivity contribution >= 4 is 38.1 Å². The predicted molar refractivity (Wildman–Crippen MR) is 156 cm³/mol. The minimum atomic E-state index is -3.69. The molecule has 2 aromatic carbocycles. The van der Waals surface area contributed by atoms with Crippen molar-refractivity contribution in [3.8, 4) is 22.4 Å². The zero-order valence-corrected chi connectivity index (χ0v) is 23.1. The van der Waals surface area contributed by atoms with E-state index in [0.29, 0.717) is 33.2 Å². The van der Waals surface area contributed by atoms with Crippen molar-refractivity contribution in [1.82, 2.24) is 24.1 Å². The second-order valence-electron chi connectivity index (χ2n) is 9.82. The molecule has 1 atom stereocenters. The van der Waals surface area contributed by atoms with Gasteiger partial charge in [-0.2, -0.15) is 5.10 Å². The third kappa shape index (κ3) is 4.83. The van der Waals surface area contributed by atoms with Gasteiger partial charge in [-0.15, -0.1) is 0 Å². The Morgan fingerprint density at radius 1 is 0.952 bits per heavy atom. The third-order valence-electron chi connectivity index (χ3n) is 6.84. The first-order valence-corrected chi connectivity index (χ1v) is 14.6. The van der Waals surface area contributed by atoms with Gasteiger partial charge in [-0.05, 0) is 54.4 Å². The number of hydrogen-bond donors (Lipinski definition) is 2. The van der Waals surface area contributed by atoms with Crippen molar-refractivity contribution in [3.05, 3.63) is 107 Å². The van der Waals surface area contributed by atoms with Crippen molar-refractivity contribution in [2.75, 3.05) is 16.7 Å². The van der Waals surface area contributed by atoms with Crippen molar-refractivity contribution < 1.29 is 17.2 Å². The van der Waals surface area contributed by atoms with E-state index in [-0.39, 0.29) is 22.8 Å². The van der Waals surface area contributed by atoms with Crippen LogP contribution in [0, 0.1) is 11.6 Å². The van der Waals surface area contributed by atoms with Crippen LogP contribution in [0.1, 0.15) is 18.5 Å². The number of anilines is 2. The number of benzene rings is 2. The van der Waals surface area contributed by atoms with Crippen LogP contribution >= 0.6 is 0 Å². The fourth-order valence-electron chi connectivity index (χ4n) is 5.08.